The number of carbonyl (C=O) groups excluding carboxylic acids is 1. The Balaban J connectivity index is 1.73. The molecule has 0 aliphatic rings. The normalized spacial score (nSPS) is 12.4. The first-order valence-corrected chi connectivity index (χ1v) is 8.51. The van der Waals surface area contributed by atoms with Gasteiger partial charge in [0.1, 0.15) is 0 Å². The van der Waals surface area contributed by atoms with Crippen LogP contribution in [0.25, 0.3) is 0 Å². The molecule has 1 unspecified atom stereocenters. The number of halogens is 1. The largest absolute Gasteiger partial charge is 0.350 e. The van der Waals surface area contributed by atoms with Gasteiger partial charge in [0.2, 0.25) is 5.91 Å². The van der Waals surface area contributed by atoms with Crippen molar-refractivity contribution in [2.75, 3.05) is 13.6 Å². The molecule has 1 aromatic heterocycles. The molecule has 0 spiro atoms. The van der Waals surface area contributed by atoms with E-state index in [1.54, 1.807) is 11.3 Å². The zero-order valence-corrected chi connectivity index (χ0v) is 14.5. The molecule has 0 fully saturated rings. The lowest BCUT2D eigenvalue weighted by Gasteiger charge is -2.17. The molecule has 1 heterocycles. The van der Waals surface area contributed by atoms with Crippen molar-refractivity contribution in [1.29, 1.82) is 0 Å². The van der Waals surface area contributed by atoms with E-state index >= 15 is 0 Å². The average Bonchev–Trinajstić information content (AvgIpc) is 2.91. The fourth-order valence-electron chi connectivity index (χ4n) is 2.21. The fraction of sp³-hybridized carbons (Fsp3) is 0.353. The van der Waals surface area contributed by atoms with Crippen molar-refractivity contribution in [1.82, 2.24) is 10.2 Å². The zero-order valence-electron chi connectivity index (χ0n) is 12.9. The van der Waals surface area contributed by atoms with E-state index in [9.17, 15) is 4.79 Å². The van der Waals surface area contributed by atoms with Crippen LogP contribution in [0.15, 0.2) is 42.5 Å². The van der Waals surface area contributed by atoms with E-state index < -0.39 is 0 Å². The van der Waals surface area contributed by atoms with Gasteiger partial charge in [0, 0.05) is 24.4 Å². The summed E-state index contributed by atoms with van der Waals surface area (Å²) in [7, 11) is 2.02. The Kier molecular flexibility index (Phi) is 6.43. The summed E-state index contributed by atoms with van der Waals surface area (Å²) in [5.74, 6) is 0.0763. The van der Waals surface area contributed by atoms with Gasteiger partial charge in [-0.25, -0.2) is 0 Å². The number of hydrogen-bond donors (Lipinski definition) is 1. The maximum absolute atomic E-state index is 12.0. The molecule has 2 aromatic rings. The second-order valence-corrected chi connectivity index (χ2v) is 7.19. The Hall–Kier alpha value is -1.36. The van der Waals surface area contributed by atoms with Crippen LogP contribution >= 0.6 is 22.9 Å². The molecule has 0 radical (unpaired) electrons. The van der Waals surface area contributed by atoms with Crippen LogP contribution < -0.4 is 5.32 Å². The highest BCUT2D eigenvalue weighted by molar-refractivity contribution is 7.16. The molecule has 1 N–H and O–H groups in total. The topological polar surface area (TPSA) is 32.3 Å². The van der Waals surface area contributed by atoms with E-state index in [4.69, 9.17) is 11.6 Å². The van der Waals surface area contributed by atoms with Crippen molar-refractivity contribution >= 4 is 28.8 Å². The second-order valence-electron chi connectivity index (χ2n) is 5.39. The maximum atomic E-state index is 12.0. The number of nitrogens with zero attached hydrogens (tertiary/aromatic N) is 1. The monoisotopic (exact) mass is 336 g/mol. The van der Waals surface area contributed by atoms with Crippen LogP contribution in [-0.2, 0) is 11.3 Å². The lowest BCUT2D eigenvalue weighted by molar-refractivity contribution is -0.122. The summed E-state index contributed by atoms with van der Waals surface area (Å²) in [5, 5.41) is 3.04. The summed E-state index contributed by atoms with van der Waals surface area (Å²) in [6, 6.07) is 14.0. The number of hydrogen-bond acceptors (Lipinski definition) is 3. The summed E-state index contributed by atoms with van der Waals surface area (Å²) in [4.78, 5) is 15.4. The van der Waals surface area contributed by atoms with Gasteiger partial charge in [-0.1, -0.05) is 41.9 Å². The Labute approximate surface area is 140 Å². The van der Waals surface area contributed by atoms with Crippen molar-refractivity contribution in [2.24, 2.45) is 0 Å². The number of amides is 1. The minimum Gasteiger partial charge on any atom is -0.350 e. The van der Waals surface area contributed by atoms with E-state index in [1.165, 1.54) is 4.88 Å². The molecule has 0 aliphatic heterocycles. The first-order valence-electron chi connectivity index (χ1n) is 7.31. The van der Waals surface area contributed by atoms with E-state index in [0.29, 0.717) is 6.42 Å². The SMILES string of the molecule is CC(NC(=O)CCN(C)Cc1ccc(Cl)s1)c1ccccc1. The highest BCUT2D eigenvalue weighted by Gasteiger charge is 2.10. The van der Waals surface area contributed by atoms with Crippen LogP contribution in [-0.4, -0.2) is 24.4 Å². The third-order valence-corrected chi connectivity index (χ3v) is 4.67. The Morgan fingerprint density at radius 1 is 1.27 bits per heavy atom. The van der Waals surface area contributed by atoms with Crippen LogP contribution in [0, 0.1) is 0 Å². The molecule has 0 aliphatic carbocycles. The third-order valence-electron chi connectivity index (χ3n) is 3.45. The summed E-state index contributed by atoms with van der Waals surface area (Å²) < 4.78 is 0.804. The molecule has 1 atom stereocenters. The summed E-state index contributed by atoms with van der Waals surface area (Å²) in [5.41, 5.74) is 1.12. The highest BCUT2D eigenvalue weighted by atomic mass is 35.5. The molecule has 1 aromatic carbocycles. The van der Waals surface area contributed by atoms with Gasteiger partial charge >= 0.3 is 0 Å². The smallest absolute Gasteiger partial charge is 0.221 e. The lowest BCUT2D eigenvalue weighted by atomic mass is 10.1. The van der Waals surface area contributed by atoms with E-state index in [1.807, 2.05) is 56.4 Å². The third kappa shape index (κ3) is 5.44. The highest BCUT2D eigenvalue weighted by Crippen LogP contribution is 2.22. The van der Waals surface area contributed by atoms with Gasteiger partial charge in [-0.3, -0.25) is 4.79 Å². The van der Waals surface area contributed by atoms with E-state index in [0.717, 1.165) is 23.0 Å². The Morgan fingerprint density at radius 3 is 2.64 bits per heavy atom. The number of carbonyl (C=O) groups is 1. The minimum atomic E-state index is 0.0371. The van der Waals surface area contributed by atoms with Gasteiger partial charge in [0.05, 0.1) is 10.4 Å². The molecule has 1 amide bonds. The minimum absolute atomic E-state index is 0.0371. The van der Waals surface area contributed by atoms with Gasteiger partial charge in [0.25, 0.3) is 0 Å². The number of rotatable bonds is 7. The Morgan fingerprint density at radius 2 is 2.00 bits per heavy atom. The molecule has 3 nitrogen and oxygen atoms in total. The quantitative estimate of drug-likeness (QED) is 0.825. The summed E-state index contributed by atoms with van der Waals surface area (Å²) in [6.07, 6.45) is 0.493. The lowest BCUT2D eigenvalue weighted by Crippen LogP contribution is -2.30. The zero-order chi connectivity index (χ0) is 15.9. The molecular formula is C17H21ClN2OS. The molecule has 22 heavy (non-hydrogen) atoms. The summed E-state index contributed by atoms with van der Waals surface area (Å²) in [6.45, 7) is 3.55. The van der Waals surface area contributed by atoms with Crippen LogP contribution in [0.1, 0.15) is 29.8 Å². The van der Waals surface area contributed by atoms with Gasteiger partial charge in [0.15, 0.2) is 0 Å². The van der Waals surface area contributed by atoms with Crippen molar-refractivity contribution in [3.63, 3.8) is 0 Å². The predicted octanol–water partition coefficient (Wildman–Crippen LogP) is 4.10. The van der Waals surface area contributed by atoms with Gasteiger partial charge in [-0.2, -0.15) is 0 Å². The van der Waals surface area contributed by atoms with Gasteiger partial charge < -0.3 is 10.2 Å². The molecule has 0 bridgehead atoms. The molecule has 0 saturated carbocycles. The number of benzene rings is 1. The van der Waals surface area contributed by atoms with Crippen molar-refractivity contribution in [3.05, 3.63) is 57.2 Å². The molecular weight excluding hydrogens is 316 g/mol. The predicted molar refractivity (Wildman–Crippen MR) is 93.3 cm³/mol. The number of thiophene rings is 1. The molecule has 0 saturated heterocycles. The number of nitrogens with one attached hydrogen (secondary N) is 1. The van der Waals surface area contributed by atoms with Crippen LogP contribution in [0.4, 0.5) is 0 Å². The van der Waals surface area contributed by atoms with E-state index in [2.05, 4.69) is 10.2 Å². The van der Waals surface area contributed by atoms with Crippen LogP contribution in [0.2, 0.25) is 4.34 Å². The Bertz CT molecular complexity index is 600. The van der Waals surface area contributed by atoms with Crippen molar-refractivity contribution in [3.8, 4) is 0 Å². The average molecular weight is 337 g/mol. The second kappa shape index (κ2) is 8.32. The van der Waals surface area contributed by atoms with Gasteiger partial charge in [-0.05, 0) is 31.7 Å². The van der Waals surface area contributed by atoms with Crippen molar-refractivity contribution < 1.29 is 4.79 Å². The van der Waals surface area contributed by atoms with Crippen LogP contribution in [0.5, 0.6) is 0 Å². The van der Waals surface area contributed by atoms with E-state index in [-0.39, 0.29) is 11.9 Å². The standard InChI is InChI=1S/C17H21ClN2OS/c1-13(14-6-4-3-5-7-14)19-17(21)10-11-20(2)12-15-8-9-16(18)22-15/h3-9,13H,10-12H2,1-2H3,(H,19,21). The fourth-order valence-corrected chi connectivity index (χ4v) is 3.38. The molecule has 5 heteroatoms. The van der Waals surface area contributed by atoms with Crippen LogP contribution in [0.3, 0.4) is 0 Å². The van der Waals surface area contributed by atoms with Gasteiger partial charge in [-0.15, -0.1) is 11.3 Å². The molecule has 2 rings (SSSR count). The van der Waals surface area contributed by atoms with Crippen molar-refractivity contribution in [2.45, 2.75) is 25.9 Å². The first kappa shape index (κ1) is 17.0. The molecule has 118 valence electrons. The maximum Gasteiger partial charge on any atom is 0.221 e. The first-order chi connectivity index (χ1) is 10.5. The summed E-state index contributed by atoms with van der Waals surface area (Å²) >= 11 is 7.50.